The number of rotatable bonds is 7. The molecule has 0 aliphatic carbocycles. The number of aliphatic hydroxyl groups is 2. The van der Waals surface area contributed by atoms with Crippen molar-refractivity contribution in [2.24, 2.45) is 0 Å². The second-order valence-electron chi connectivity index (χ2n) is 8.37. The quantitative estimate of drug-likeness (QED) is 0.425. The summed E-state index contributed by atoms with van der Waals surface area (Å²) in [5, 5.41) is 30.3. The van der Waals surface area contributed by atoms with Gasteiger partial charge in [-0.05, 0) is 31.5 Å². The Kier molecular flexibility index (Phi) is 7.12. The van der Waals surface area contributed by atoms with E-state index in [2.05, 4.69) is 20.5 Å². The highest BCUT2D eigenvalue weighted by Gasteiger charge is 2.41. The van der Waals surface area contributed by atoms with Gasteiger partial charge in [-0.2, -0.15) is 13.2 Å². The van der Waals surface area contributed by atoms with Crippen molar-refractivity contribution in [2.45, 2.75) is 37.7 Å². The third-order valence-electron chi connectivity index (χ3n) is 5.75. The van der Waals surface area contributed by atoms with Gasteiger partial charge < -0.3 is 25.2 Å². The van der Waals surface area contributed by atoms with Gasteiger partial charge in [-0.1, -0.05) is 0 Å². The van der Waals surface area contributed by atoms with Crippen molar-refractivity contribution in [1.29, 1.82) is 0 Å². The smallest absolute Gasteiger partial charge is 0.408 e. The number of fused-ring (bicyclic) bond motifs is 4. The molecule has 2 aliphatic rings. The molecule has 0 radical (unpaired) electrons. The van der Waals surface area contributed by atoms with Gasteiger partial charge in [0.2, 0.25) is 5.88 Å². The van der Waals surface area contributed by atoms with E-state index in [-0.39, 0.29) is 35.9 Å². The highest BCUT2D eigenvalue weighted by molar-refractivity contribution is 6.05. The highest BCUT2D eigenvalue weighted by atomic mass is 19.4. The summed E-state index contributed by atoms with van der Waals surface area (Å²) in [6.45, 7) is 1.34. The van der Waals surface area contributed by atoms with Crippen molar-refractivity contribution >= 4 is 29.3 Å². The Morgan fingerprint density at radius 2 is 2.03 bits per heavy atom. The average Bonchev–Trinajstić information content (AvgIpc) is 3.26. The first kappa shape index (κ1) is 25.4. The number of aliphatic hydroxyl groups excluding tert-OH is 2. The minimum atomic E-state index is -4.61. The number of nitrogens with zero attached hydrogens (tertiary/aromatic N) is 5. The zero-order valence-corrected chi connectivity index (χ0v) is 19.1. The molecule has 4 rings (SSSR count). The van der Waals surface area contributed by atoms with E-state index in [1.807, 2.05) is 10.2 Å². The molecule has 1 saturated heterocycles. The van der Waals surface area contributed by atoms with Crippen LogP contribution in [0.2, 0.25) is 0 Å². The Morgan fingerprint density at radius 1 is 1.25 bits per heavy atom. The molecule has 2 bridgehead atoms. The molecule has 0 saturated carbocycles. The molecule has 2 aromatic heterocycles. The lowest BCUT2D eigenvalue weighted by atomic mass is 10.1. The number of pyridine rings is 1. The molecule has 15 heteroatoms. The van der Waals surface area contributed by atoms with Crippen molar-refractivity contribution in [3.05, 3.63) is 30.0 Å². The molecule has 3 amide bonds. The van der Waals surface area contributed by atoms with E-state index in [0.29, 0.717) is 25.2 Å². The van der Waals surface area contributed by atoms with Gasteiger partial charge >= 0.3 is 12.2 Å². The van der Waals surface area contributed by atoms with Gasteiger partial charge in [-0.3, -0.25) is 15.0 Å². The molecular formula is C21H24F3N7O5. The fourth-order valence-corrected chi connectivity index (χ4v) is 3.82. The monoisotopic (exact) mass is 511 g/mol. The van der Waals surface area contributed by atoms with Gasteiger partial charge in [0.1, 0.15) is 24.4 Å². The van der Waals surface area contributed by atoms with Crippen LogP contribution in [0.1, 0.15) is 23.8 Å². The highest BCUT2D eigenvalue weighted by Crippen LogP contribution is 2.39. The lowest BCUT2D eigenvalue weighted by Crippen LogP contribution is -2.49. The predicted octanol–water partition coefficient (Wildman–Crippen LogP) is 0.915. The topological polar surface area (TPSA) is 153 Å². The molecule has 194 valence electrons. The number of carbonyl (C=O) groups is 2. The number of nitrogens with one attached hydrogen (secondary N) is 2. The van der Waals surface area contributed by atoms with Gasteiger partial charge in [0.15, 0.2) is 11.6 Å². The first-order valence-corrected chi connectivity index (χ1v) is 11.1. The van der Waals surface area contributed by atoms with E-state index in [1.165, 1.54) is 23.1 Å². The summed E-state index contributed by atoms with van der Waals surface area (Å²) in [6, 6.07) is 2.78. The number of carbonyl (C=O) groups excluding carboxylic acids is 2. The minimum Gasteiger partial charge on any atom is -0.474 e. The van der Waals surface area contributed by atoms with E-state index in [1.54, 1.807) is 6.07 Å². The summed E-state index contributed by atoms with van der Waals surface area (Å²) in [6.07, 6.45) is -5.06. The van der Waals surface area contributed by atoms with Crippen LogP contribution in [0.5, 0.6) is 5.88 Å². The number of ether oxygens (including phenoxy) is 1. The number of hydrogen-bond acceptors (Lipinski definition) is 9. The number of alkyl halides is 3. The first-order chi connectivity index (χ1) is 17.1. The van der Waals surface area contributed by atoms with Gasteiger partial charge in [0.25, 0.3) is 5.91 Å². The van der Waals surface area contributed by atoms with Crippen LogP contribution in [0, 0.1) is 0 Å². The third-order valence-corrected chi connectivity index (χ3v) is 5.75. The maximum absolute atomic E-state index is 13.2. The molecule has 0 spiro atoms. The van der Waals surface area contributed by atoms with Crippen molar-refractivity contribution in [2.75, 3.05) is 41.4 Å². The van der Waals surface area contributed by atoms with Crippen LogP contribution in [0.4, 0.5) is 35.3 Å². The predicted molar refractivity (Wildman–Crippen MR) is 120 cm³/mol. The molecule has 0 aromatic carbocycles. The fourth-order valence-electron chi connectivity index (χ4n) is 3.82. The number of halogens is 3. The molecule has 3 atom stereocenters. The summed E-state index contributed by atoms with van der Waals surface area (Å²) in [5.41, 5.74) is 0.327. The third kappa shape index (κ3) is 5.41. The largest absolute Gasteiger partial charge is 0.474 e. The zero-order valence-electron chi connectivity index (χ0n) is 19.1. The molecule has 2 aromatic rings. The minimum absolute atomic E-state index is 0.0701. The van der Waals surface area contributed by atoms with Crippen LogP contribution in [0.3, 0.4) is 0 Å². The number of amides is 3. The molecule has 2 aliphatic heterocycles. The van der Waals surface area contributed by atoms with Crippen LogP contribution >= 0.6 is 0 Å². The second-order valence-corrected chi connectivity index (χ2v) is 8.37. The van der Waals surface area contributed by atoms with E-state index in [0.717, 1.165) is 6.92 Å². The molecule has 36 heavy (non-hydrogen) atoms. The zero-order chi connectivity index (χ0) is 26.0. The summed E-state index contributed by atoms with van der Waals surface area (Å²) in [5.74, 6) is -0.700. The number of hydrogen-bond donors (Lipinski definition) is 4. The summed E-state index contributed by atoms with van der Waals surface area (Å²) in [4.78, 5) is 33.2. The Labute approximate surface area is 203 Å². The number of urea groups is 1. The number of aromatic nitrogens is 3. The standard InChI is InChI=1S/C21H24F3N7O5/c1-11(21(22,23)24)25-19(34)14-2-3-15-18(26-14)31(12-6-7-30(15)8-12)20(35)27-16-4-5-17(29-28-16)36-10-13(33)9-32/h2-5,11-13,32-33H,6-10H2,1H3,(H,25,34)(H,27,28,35)/t11-,12?,13+/m1/s1. The Hall–Kier alpha value is -3.72. The molecule has 4 heterocycles. The van der Waals surface area contributed by atoms with Crippen LogP contribution in [0.15, 0.2) is 24.3 Å². The summed E-state index contributed by atoms with van der Waals surface area (Å²) >= 11 is 0. The van der Waals surface area contributed by atoms with E-state index in [4.69, 9.17) is 9.84 Å². The van der Waals surface area contributed by atoms with Crippen LogP contribution in [-0.4, -0.2) is 88.0 Å². The van der Waals surface area contributed by atoms with Crippen LogP contribution in [-0.2, 0) is 0 Å². The van der Waals surface area contributed by atoms with Gasteiger partial charge in [0.05, 0.1) is 18.3 Å². The SMILES string of the molecule is C[C@@H](NC(=O)c1ccc2c(n1)N(C(=O)Nc1ccc(OC[C@@H](O)CO)nn1)C1CCN2C1)C(F)(F)F. The molecule has 1 unspecified atom stereocenters. The van der Waals surface area contributed by atoms with Gasteiger partial charge in [0, 0.05) is 19.2 Å². The second kappa shape index (κ2) is 10.1. The Balaban J connectivity index is 1.51. The van der Waals surface area contributed by atoms with Crippen molar-refractivity contribution < 1.29 is 37.7 Å². The maximum Gasteiger partial charge on any atom is 0.408 e. The summed E-state index contributed by atoms with van der Waals surface area (Å²) < 4.78 is 43.8. The fraction of sp³-hybridized carbons (Fsp3) is 0.476. The van der Waals surface area contributed by atoms with E-state index in [9.17, 15) is 27.9 Å². The number of anilines is 3. The summed E-state index contributed by atoms with van der Waals surface area (Å²) in [7, 11) is 0. The van der Waals surface area contributed by atoms with Crippen LogP contribution in [0.25, 0.3) is 0 Å². The Bertz CT molecular complexity index is 1120. The van der Waals surface area contributed by atoms with Crippen LogP contribution < -0.4 is 25.2 Å². The first-order valence-electron chi connectivity index (χ1n) is 11.1. The molecule has 1 fully saturated rings. The van der Waals surface area contributed by atoms with E-state index >= 15 is 0 Å². The van der Waals surface area contributed by atoms with Crippen molar-refractivity contribution in [3.63, 3.8) is 0 Å². The van der Waals surface area contributed by atoms with E-state index < -0.39 is 36.9 Å². The lowest BCUT2D eigenvalue weighted by Gasteiger charge is -2.35. The van der Waals surface area contributed by atoms with Crippen molar-refractivity contribution in [1.82, 2.24) is 20.5 Å². The van der Waals surface area contributed by atoms with Crippen molar-refractivity contribution in [3.8, 4) is 5.88 Å². The maximum atomic E-state index is 13.2. The Morgan fingerprint density at radius 3 is 2.69 bits per heavy atom. The molecule has 4 N–H and O–H groups in total. The average molecular weight is 511 g/mol. The van der Waals surface area contributed by atoms with Gasteiger partial charge in [-0.25, -0.2) is 9.78 Å². The molecular weight excluding hydrogens is 487 g/mol. The lowest BCUT2D eigenvalue weighted by molar-refractivity contribution is -0.149. The van der Waals surface area contributed by atoms with Gasteiger partial charge in [-0.15, -0.1) is 10.2 Å². The molecule has 12 nitrogen and oxygen atoms in total. The normalized spacial score (nSPS) is 18.3.